The summed E-state index contributed by atoms with van der Waals surface area (Å²) in [6, 6.07) is 0. The molecule has 0 saturated carbocycles. The van der Waals surface area contributed by atoms with Gasteiger partial charge in [-0.1, -0.05) is 40.0 Å². The first-order valence-electron chi connectivity index (χ1n) is 6.97. The molecule has 0 aliphatic heterocycles. The Bertz CT molecular complexity index is 226. The van der Waals surface area contributed by atoms with Gasteiger partial charge >= 0.3 is 6.16 Å². The van der Waals surface area contributed by atoms with Crippen molar-refractivity contribution in [1.82, 2.24) is 0 Å². The normalized spacial score (nSPS) is 13.2. The lowest BCUT2D eigenvalue weighted by molar-refractivity contribution is -0.318. The summed E-state index contributed by atoms with van der Waals surface area (Å²) < 4.78 is 5.05. The summed E-state index contributed by atoms with van der Waals surface area (Å²) in [5, 5.41) is 0. The molecule has 0 bridgehead atoms. The van der Waals surface area contributed by atoms with Crippen molar-refractivity contribution in [3.63, 3.8) is 0 Å². The van der Waals surface area contributed by atoms with Crippen molar-refractivity contribution in [1.29, 1.82) is 0 Å². The van der Waals surface area contributed by atoms with Crippen LogP contribution in [0.4, 0.5) is 4.79 Å². The molecule has 0 saturated heterocycles. The molecule has 0 radical (unpaired) electrons. The van der Waals surface area contributed by atoms with E-state index in [2.05, 4.69) is 18.7 Å². The van der Waals surface area contributed by atoms with Gasteiger partial charge in [-0.05, 0) is 32.6 Å². The maximum absolute atomic E-state index is 11.3. The van der Waals surface area contributed by atoms with Crippen LogP contribution in [-0.4, -0.2) is 18.4 Å². The Morgan fingerprint density at radius 1 is 1.22 bits per heavy atom. The van der Waals surface area contributed by atoms with E-state index < -0.39 is 11.8 Å². The van der Waals surface area contributed by atoms with Crippen molar-refractivity contribution >= 4 is 6.16 Å². The predicted octanol–water partition coefficient (Wildman–Crippen LogP) is 4.48. The van der Waals surface area contributed by atoms with Crippen molar-refractivity contribution in [3.05, 3.63) is 0 Å². The fraction of sp³-hybridized carbons (Fsp3) is 0.929. The van der Waals surface area contributed by atoms with Gasteiger partial charge in [-0.15, -0.1) is 0 Å². The molecule has 0 heterocycles. The number of unbranched alkanes of at least 4 members (excludes halogenated alkanes) is 1. The molecule has 0 N–H and O–H groups in total. The summed E-state index contributed by atoms with van der Waals surface area (Å²) in [5.41, 5.74) is -0.467. The van der Waals surface area contributed by atoms with Crippen molar-refractivity contribution < 1.29 is 19.3 Å². The maximum Gasteiger partial charge on any atom is 0.540 e. The molecule has 18 heavy (non-hydrogen) atoms. The lowest BCUT2D eigenvalue weighted by Gasteiger charge is -2.20. The van der Waals surface area contributed by atoms with E-state index in [0.29, 0.717) is 12.5 Å². The summed E-state index contributed by atoms with van der Waals surface area (Å²) in [4.78, 5) is 21.0. The second-order valence-corrected chi connectivity index (χ2v) is 5.26. The second kappa shape index (κ2) is 9.20. The van der Waals surface area contributed by atoms with Crippen LogP contribution in [0.2, 0.25) is 0 Å². The van der Waals surface area contributed by atoms with Gasteiger partial charge < -0.3 is 4.74 Å². The minimum Gasteiger partial charge on any atom is -0.432 e. The monoisotopic (exact) mass is 260 g/mol. The highest BCUT2D eigenvalue weighted by molar-refractivity contribution is 5.58. The molecule has 0 unspecified atom stereocenters. The third-order valence-corrected chi connectivity index (χ3v) is 3.17. The van der Waals surface area contributed by atoms with E-state index in [1.807, 2.05) is 20.8 Å². The Labute approximate surface area is 111 Å². The van der Waals surface area contributed by atoms with Crippen LogP contribution in [0.1, 0.15) is 66.7 Å². The quantitative estimate of drug-likeness (QED) is 0.348. The van der Waals surface area contributed by atoms with Crippen LogP contribution in [0.25, 0.3) is 0 Å². The predicted molar refractivity (Wildman–Crippen MR) is 71.2 cm³/mol. The average molecular weight is 260 g/mol. The molecule has 4 nitrogen and oxygen atoms in total. The first-order chi connectivity index (χ1) is 8.45. The third-order valence-electron chi connectivity index (χ3n) is 3.17. The van der Waals surface area contributed by atoms with Gasteiger partial charge in [-0.25, -0.2) is 4.79 Å². The summed E-state index contributed by atoms with van der Waals surface area (Å²) in [5.74, 6) is 0.414. The molecule has 108 valence electrons. The average Bonchev–Trinajstić information content (AvgIpc) is 2.36. The standard InChI is InChI=1S/C14H28O4/c1-6-9-10-12(7-2)11-16-13(15)17-18-14(4,5)8-3/h12H,6-11H2,1-5H3/t12-/m1/s1. The zero-order valence-corrected chi connectivity index (χ0v) is 12.5. The minimum atomic E-state index is -0.744. The summed E-state index contributed by atoms with van der Waals surface area (Å²) in [7, 11) is 0. The molecule has 0 fully saturated rings. The zero-order chi connectivity index (χ0) is 14.0. The van der Waals surface area contributed by atoms with Crippen LogP contribution >= 0.6 is 0 Å². The van der Waals surface area contributed by atoms with Gasteiger partial charge in [0, 0.05) is 0 Å². The summed E-state index contributed by atoms with van der Waals surface area (Å²) in [6.07, 6.45) is 4.43. The summed E-state index contributed by atoms with van der Waals surface area (Å²) >= 11 is 0. The van der Waals surface area contributed by atoms with Crippen LogP contribution in [0.3, 0.4) is 0 Å². The van der Waals surface area contributed by atoms with Crippen LogP contribution < -0.4 is 0 Å². The van der Waals surface area contributed by atoms with E-state index in [1.54, 1.807) is 0 Å². The molecule has 0 aliphatic carbocycles. The molecule has 0 aliphatic rings. The Balaban J connectivity index is 3.80. The highest BCUT2D eigenvalue weighted by Crippen LogP contribution is 2.15. The SMILES string of the molecule is CCCC[C@@H](CC)COC(=O)OOC(C)(C)CC. The summed E-state index contributed by atoms with van der Waals surface area (Å²) in [6.45, 7) is 10.3. The molecule has 0 amide bonds. The van der Waals surface area contributed by atoms with Gasteiger partial charge in [0.1, 0.15) is 5.60 Å². The smallest absolute Gasteiger partial charge is 0.432 e. The minimum absolute atomic E-state index is 0.408. The number of hydrogen-bond acceptors (Lipinski definition) is 4. The van der Waals surface area contributed by atoms with Gasteiger partial charge in [0.25, 0.3) is 0 Å². The van der Waals surface area contributed by atoms with Crippen molar-refractivity contribution in [2.24, 2.45) is 5.92 Å². The number of carbonyl (C=O) groups excluding carboxylic acids is 1. The third kappa shape index (κ3) is 8.34. The van der Waals surface area contributed by atoms with Gasteiger partial charge in [0.05, 0.1) is 6.61 Å². The topological polar surface area (TPSA) is 44.8 Å². The van der Waals surface area contributed by atoms with E-state index in [9.17, 15) is 4.79 Å². The van der Waals surface area contributed by atoms with Gasteiger partial charge in [0.15, 0.2) is 0 Å². The Morgan fingerprint density at radius 2 is 1.89 bits per heavy atom. The Hall–Kier alpha value is -0.770. The van der Waals surface area contributed by atoms with Crippen LogP contribution in [0.5, 0.6) is 0 Å². The Morgan fingerprint density at radius 3 is 2.39 bits per heavy atom. The first kappa shape index (κ1) is 17.2. The van der Waals surface area contributed by atoms with E-state index in [4.69, 9.17) is 9.62 Å². The number of ether oxygens (including phenoxy) is 1. The number of carbonyl (C=O) groups is 1. The van der Waals surface area contributed by atoms with E-state index >= 15 is 0 Å². The molecule has 4 heteroatoms. The second-order valence-electron chi connectivity index (χ2n) is 5.26. The molecule has 0 aromatic rings. The molecular weight excluding hydrogens is 232 g/mol. The fourth-order valence-corrected chi connectivity index (χ4v) is 1.31. The molecular formula is C14H28O4. The van der Waals surface area contributed by atoms with E-state index in [0.717, 1.165) is 32.1 Å². The van der Waals surface area contributed by atoms with Crippen LogP contribution in [-0.2, 0) is 14.5 Å². The van der Waals surface area contributed by atoms with Gasteiger partial charge in [-0.3, -0.25) is 4.89 Å². The van der Waals surface area contributed by atoms with E-state index in [1.165, 1.54) is 0 Å². The maximum atomic E-state index is 11.3. The molecule has 0 spiro atoms. The highest BCUT2D eigenvalue weighted by atomic mass is 17.2. The van der Waals surface area contributed by atoms with Gasteiger partial charge in [-0.2, -0.15) is 4.89 Å². The van der Waals surface area contributed by atoms with Crippen molar-refractivity contribution in [3.8, 4) is 0 Å². The zero-order valence-electron chi connectivity index (χ0n) is 12.5. The van der Waals surface area contributed by atoms with Crippen molar-refractivity contribution in [2.75, 3.05) is 6.61 Å². The lowest BCUT2D eigenvalue weighted by atomic mass is 10.0. The highest BCUT2D eigenvalue weighted by Gasteiger charge is 2.20. The number of rotatable bonds is 9. The van der Waals surface area contributed by atoms with Crippen molar-refractivity contribution in [2.45, 2.75) is 72.3 Å². The van der Waals surface area contributed by atoms with Crippen LogP contribution in [0.15, 0.2) is 0 Å². The van der Waals surface area contributed by atoms with E-state index in [-0.39, 0.29) is 0 Å². The first-order valence-corrected chi connectivity index (χ1v) is 6.97. The molecule has 0 aromatic heterocycles. The lowest BCUT2D eigenvalue weighted by Crippen LogP contribution is -2.26. The van der Waals surface area contributed by atoms with Crippen LogP contribution in [0, 0.1) is 5.92 Å². The number of hydrogen-bond donors (Lipinski definition) is 0. The Kier molecular flexibility index (Phi) is 8.81. The molecule has 0 rings (SSSR count). The van der Waals surface area contributed by atoms with Gasteiger partial charge in [0.2, 0.25) is 0 Å². The molecule has 1 atom stereocenters. The fourth-order valence-electron chi connectivity index (χ4n) is 1.31. The largest absolute Gasteiger partial charge is 0.540 e. The molecule has 0 aromatic carbocycles.